The van der Waals surface area contributed by atoms with Crippen LogP contribution in [0.1, 0.15) is 59.6 Å². The van der Waals surface area contributed by atoms with Crippen LogP contribution in [0.2, 0.25) is 0 Å². The second kappa shape index (κ2) is 7.15. The average Bonchev–Trinajstić information content (AvgIpc) is 3.20. The number of carbonyl (C=O) groups excluding carboxylic acids is 1. The van der Waals surface area contributed by atoms with Crippen molar-refractivity contribution in [3.8, 4) is 0 Å². The highest BCUT2D eigenvalue weighted by molar-refractivity contribution is 5.92. The first-order valence-electron chi connectivity index (χ1n) is 10.5. The smallest absolute Gasteiger partial charge is 0.274 e. The molecular formula is C21H21N9O. The largest absolute Gasteiger partial charge is 0.327 e. The molecule has 4 aromatic heterocycles. The van der Waals surface area contributed by atoms with Crippen LogP contribution in [0.25, 0.3) is 5.65 Å². The van der Waals surface area contributed by atoms with Crippen LogP contribution >= 0.6 is 0 Å². The summed E-state index contributed by atoms with van der Waals surface area (Å²) in [6.07, 6.45) is 10.6. The topological polar surface area (TPSA) is 117 Å². The minimum absolute atomic E-state index is 0.148. The first-order valence-corrected chi connectivity index (χ1v) is 10.5. The van der Waals surface area contributed by atoms with Gasteiger partial charge in [0.1, 0.15) is 11.3 Å². The van der Waals surface area contributed by atoms with E-state index in [-0.39, 0.29) is 11.9 Å². The Morgan fingerprint density at radius 1 is 1.19 bits per heavy atom. The molecule has 2 aliphatic rings. The molecule has 1 aliphatic carbocycles. The Hall–Kier alpha value is -3.82. The maximum absolute atomic E-state index is 13.0. The molecule has 0 spiro atoms. The quantitative estimate of drug-likeness (QED) is 0.515. The van der Waals surface area contributed by atoms with Crippen LogP contribution in [0.15, 0.2) is 43.0 Å². The van der Waals surface area contributed by atoms with Gasteiger partial charge in [0.25, 0.3) is 5.91 Å². The van der Waals surface area contributed by atoms with Crippen LogP contribution in [-0.2, 0) is 0 Å². The number of aromatic nitrogens is 7. The van der Waals surface area contributed by atoms with Gasteiger partial charge in [-0.2, -0.15) is 10.1 Å². The lowest BCUT2D eigenvalue weighted by Gasteiger charge is -2.23. The Bertz CT molecular complexity index is 1240. The summed E-state index contributed by atoms with van der Waals surface area (Å²) in [5.74, 6) is 2.40. The Morgan fingerprint density at radius 3 is 2.97 bits per heavy atom. The van der Waals surface area contributed by atoms with E-state index in [1.165, 1.54) is 25.2 Å². The van der Waals surface area contributed by atoms with E-state index in [4.69, 9.17) is 9.97 Å². The van der Waals surface area contributed by atoms with E-state index in [1.807, 2.05) is 28.8 Å². The van der Waals surface area contributed by atoms with Gasteiger partial charge in [0, 0.05) is 42.8 Å². The summed E-state index contributed by atoms with van der Waals surface area (Å²) in [5, 5.41) is 10.8. The molecule has 0 aromatic carbocycles. The van der Waals surface area contributed by atoms with Crippen molar-refractivity contribution in [1.82, 2.24) is 39.4 Å². The number of aromatic amines is 1. The van der Waals surface area contributed by atoms with Gasteiger partial charge in [0.15, 0.2) is 11.6 Å². The molecule has 1 amide bonds. The lowest BCUT2D eigenvalue weighted by molar-refractivity contribution is 0.0723. The lowest BCUT2D eigenvalue weighted by atomic mass is 10.2. The van der Waals surface area contributed by atoms with Crippen molar-refractivity contribution in [3.05, 3.63) is 60.2 Å². The van der Waals surface area contributed by atoms with E-state index in [1.54, 1.807) is 11.1 Å². The summed E-state index contributed by atoms with van der Waals surface area (Å²) in [6, 6.07) is 5.68. The summed E-state index contributed by atoms with van der Waals surface area (Å²) in [7, 11) is 0. The molecule has 31 heavy (non-hydrogen) atoms. The number of carbonyl (C=O) groups is 1. The van der Waals surface area contributed by atoms with Gasteiger partial charge in [-0.05, 0) is 37.8 Å². The van der Waals surface area contributed by atoms with Crippen molar-refractivity contribution in [1.29, 1.82) is 0 Å². The summed E-state index contributed by atoms with van der Waals surface area (Å²) in [5.41, 5.74) is 2.25. The van der Waals surface area contributed by atoms with E-state index in [0.29, 0.717) is 29.9 Å². The third-order valence-corrected chi connectivity index (χ3v) is 5.85. The van der Waals surface area contributed by atoms with Crippen LogP contribution < -0.4 is 5.32 Å². The Labute approximate surface area is 177 Å². The second-order valence-electron chi connectivity index (χ2n) is 8.00. The zero-order chi connectivity index (χ0) is 20.8. The summed E-state index contributed by atoms with van der Waals surface area (Å²) >= 11 is 0. The second-order valence-corrected chi connectivity index (χ2v) is 8.00. The highest BCUT2D eigenvalue weighted by Gasteiger charge is 2.34. The molecule has 1 saturated heterocycles. The molecule has 1 aliphatic heterocycles. The Kier molecular flexibility index (Phi) is 4.15. The number of H-pyrrole nitrogens is 1. The number of amides is 1. The number of fused-ring (bicyclic) bond motifs is 1. The average molecular weight is 415 g/mol. The molecule has 6 rings (SSSR count). The van der Waals surface area contributed by atoms with Gasteiger partial charge < -0.3 is 10.2 Å². The molecule has 4 aromatic rings. The highest BCUT2D eigenvalue weighted by Crippen LogP contribution is 2.39. The van der Waals surface area contributed by atoms with Gasteiger partial charge >= 0.3 is 0 Å². The molecule has 10 heteroatoms. The summed E-state index contributed by atoms with van der Waals surface area (Å²) in [4.78, 5) is 32.6. The van der Waals surface area contributed by atoms with Crippen molar-refractivity contribution in [3.63, 3.8) is 0 Å². The number of anilines is 2. The summed E-state index contributed by atoms with van der Waals surface area (Å²) < 4.78 is 1.89. The van der Waals surface area contributed by atoms with Gasteiger partial charge in [0.2, 0.25) is 5.95 Å². The van der Waals surface area contributed by atoms with E-state index >= 15 is 0 Å². The molecule has 1 saturated carbocycles. The zero-order valence-electron chi connectivity index (χ0n) is 16.8. The molecule has 0 radical (unpaired) electrons. The van der Waals surface area contributed by atoms with Crippen LogP contribution in [-0.4, -0.2) is 51.9 Å². The first-order chi connectivity index (χ1) is 15.3. The van der Waals surface area contributed by atoms with Gasteiger partial charge in [-0.3, -0.25) is 19.3 Å². The monoisotopic (exact) mass is 415 g/mol. The number of nitrogens with one attached hydrogen (secondary N) is 2. The maximum atomic E-state index is 13.0. The van der Waals surface area contributed by atoms with Gasteiger partial charge in [-0.15, -0.1) is 0 Å². The normalized spacial score (nSPS) is 18.6. The molecule has 5 heterocycles. The van der Waals surface area contributed by atoms with E-state index in [9.17, 15) is 4.79 Å². The first kappa shape index (κ1) is 18.0. The van der Waals surface area contributed by atoms with Crippen molar-refractivity contribution in [2.75, 3.05) is 11.9 Å². The fourth-order valence-corrected chi connectivity index (χ4v) is 4.14. The third-order valence-electron chi connectivity index (χ3n) is 5.85. The number of hydrogen-bond donors (Lipinski definition) is 2. The Balaban J connectivity index is 1.34. The lowest BCUT2D eigenvalue weighted by Crippen LogP contribution is -2.32. The van der Waals surface area contributed by atoms with Gasteiger partial charge in [-0.1, -0.05) is 0 Å². The fourth-order valence-electron chi connectivity index (χ4n) is 4.14. The minimum Gasteiger partial charge on any atom is -0.327 e. The van der Waals surface area contributed by atoms with E-state index in [0.717, 1.165) is 30.0 Å². The summed E-state index contributed by atoms with van der Waals surface area (Å²) in [6.45, 7) is 0.641. The standard InChI is InChI=1S/C21H21N9O/c31-20(15-12-22-7-8-23-15)29-9-1-3-16(29)19-25-18-4-2-10-30(18)21(26-19)24-17-11-14(27-28-17)13-5-6-13/h2,4,7-8,10-13,16H,1,3,5-6,9H2,(H2,24,25,26,27,28)/t16-/m0/s1. The third kappa shape index (κ3) is 3.29. The predicted molar refractivity (Wildman–Crippen MR) is 112 cm³/mol. The number of rotatable bonds is 5. The minimum atomic E-state index is -0.212. The Morgan fingerprint density at radius 2 is 2.13 bits per heavy atom. The molecule has 0 unspecified atom stereocenters. The van der Waals surface area contributed by atoms with Crippen molar-refractivity contribution in [2.45, 2.75) is 37.6 Å². The predicted octanol–water partition coefficient (Wildman–Crippen LogP) is 2.84. The number of nitrogens with zero attached hydrogens (tertiary/aromatic N) is 7. The molecule has 1 atom stereocenters. The number of hydrogen-bond acceptors (Lipinski definition) is 7. The molecule has 0 bridgehead atoms. The fraction of sp³-hybridized carbons (Fsp3) is 0.333. The van der Waals surface area contributed by atoms with E-state index in [2.05, 4.69) is 25.5 Å². The van der Waals surface area contributed by atoms with Crippen molar-refractivity contribution >= 4 is 23.3 Å². The SMILES string of the molecule is O=C(c1cnccn1)N1CCC[C@H]1c1nc(Nc2cc(C3CC3)[nH]n2)n2cccc2n1. The van der Waals surface area contributed by atoms with Crippen molar-refractivity contribution in [2.24, 2.45) is 0 Å². The van der Waals surface area contributed by atoms with Crippen LogP contribution in [0.4, 0.5) is 11.8 Å². The van der Waals surface area contributed by atoms with Gasteiger partial charge in [-0.25, -0.2) is 9.97 Å². The van der Waals surface area contributed by atoms with E-state index < -0.39 is 0 Å². The van der Waals surface area contributed by atoms with Crippen molar-refractivity contribution < 1.29 is 4.79 Å². The van der Waals surface area contributed by atoms with Crippen LogP contribution in [0, 0.1) is 0 Å². The molecular weight excluding hydrogens is 394 g/mol. The van der Waals surface area contributed by atoms with Crippen LogP contribution in [0.3, 0.4) is 0 Å². The molecule has 2 fully saturated rings. The maximum Gasteiger partial charge on any atom is 0.274 e. The van der Waals surface area contributed by atoms with Gasteiger partial charge in [0.05, 0.1) is 12.2 Å². The molecule has 10 nitrogen and oxygen atoms in total. The highest BCUT2D eigenvalue weighted by atomic mass is 16.2. The molecule has 2 N–H and O–H groups in total. The molecule has 156 valence electrons. The number of likely N-dealkylation sites (tertiary alicyclic amines) is 1. The van der Waals surface area contributed by atoms with Crippen LogP contribution in [0.5, 0.6) is 0 Å². The zero-order valence-corrected chi connectivity index (χ0v) is 16.8.